The quantitative estimate of drug-likeness (QED) is 0.781. The zero-order chi connectivity index (χ0) is 20.8. The second-order valence-corrected chi connectivity index (χ2v) is 7.31. The summed E-state index contributed by atoms with van der Waals surface area (Å²) >= 11 is 0. The van der Waals surface area contributed by atoms with E-state index in [1.807, 2.05) is 35.2 Å². The Morgan fingerprint density at radius 1 is 1.07 bits per heavy atom. The standard InChI is InChI=1S/C22H25F2N3O2/c1-15(21(28)26-18-7-8-19(23)20(24)13-18)27-11-9-17(10-12-27)22(29)25-14-16-5-3-2-4-6-16/h2-8,13,15,17H,9-12,14H2,1H3,(H,25,29)(H,26,28)/t15-/m1/s1. The zero-order valence-electron chi connectivity index (χ0n) is 16.3. The monoisotopic (exact) mass is 401 g/mol. The van der Waals surface area contributed by atoms with E-state index in [0.717, 1.165) is 17.7 Å². The van der Waals surface area contributed by atoms with Crippen molar-refractivity contribution in [3.8, 4) is 0 Å². The highest BCUT2D eigenvalue weighted by Gasteiger charge is 2.29. The molecule has 0 unspecified atom stereocenters. The second kappa shape index (κ2) is 9.60. The summed E-state index contributed by atoms with van der Waals surface area (Å²) in [4.78, 5) is 26.8. The van der Waals surface area contributed by atoms with Gasteiger partial charge in [0.2, 0.25) is 11.8 Å². The topological polar surface area (TPSA) is 61.4 Å². The van der Waals surface area contributed by atoms with Crippen LogP contribution in [0.5, 0.6) is 0 Å². The summed E-state index contributed by atoms with van der Waals surface area (Å²) in [5.74, 6) is -2.28. The lowest BCUT2D eigenvalue weighted by molar-refractivity contribution is -0.127. The summed E-state index contributed by atoms with van der Waals surface area (Å²) in [6.45, 7) is 3.52. The summed E-state index contributed by atoms with van der Waals surface area (Å²) in [6, 6.07) is 12.6. The van der Waals surface area contributed by atoms with Crippen molar-refractivity contribution in [2.45, 2.75) is 32.4 Å². The highest BCUT2D eigenvalue weighted by molar-refractivity contribution is 5.94. The Labute approximate surface area is 169 Å². The smallest absolute Gasteiger partial charge is 0.241 e. The van der Waals surface area contributed by atoms with Crippen molar-refractivity contribution in [1.29, 1.82) is 0 Å². The number of amides is 2. The van der Waals surface area contributed by atoms with E-state index in [9.17, 15) is 18.4 Å². The molecule has 1 heterocycles. The molecule has 0 bridgehead atoms. The lowest BCUT2D eigenvalue weighted by atomic mass is 9.94. The van der Waals surface area contributed by atoms with Crippen molar-refractivity contribution >= 4 is 17.5 Å². The van der Waals surface area contributed by atoms with E-state index >= 15 is 0 Å². The number of nitrogens with zero attached hydrogens (tertiary/aromatic N) is 1. The van der Waals surface area contributed by atoms with Crippen LogP contribution in [-0.2, 0) is 16.1 Å². The Kier molecular flexibility index (Phi) is 6.93. The van der Waals surface area contributed by atoms with Gasteiger partial charge in [0.25, 0.3) is 0 Å². The van der Waals surface area contributed by atoms with Gasteiger partial charge in [0.15, 0.2) is 11.6 Å². The molecule has 3 rings (SSSR count). The van der Waals surface area contributed by atoms with Crippen LogP contribution in [0.3, 0.4) is 0 Å². The SMILES string of the molecule is C[C@H](C(=O)Nc1ccc(F)c(F)c1)N1CCC(C(=O)NCc2ccccc2)CC1. The van der Waals surface area contributed by atoms with Crippen LogP contribution >= 0.6 is 0 Å². The van der Waals surface area contributed by atoms with Gasteiger partial charge < -0.3 is 10.6 Å². The molecular formula is C22H25F2N3O2. The van der Waals surface area contributed by atoms with Crippen LogP contribution in [0.25, 0.3) is 0 Å². The molecule has 1 aliphatic heterocycles. The highest BCUT2D eigenvalue weighted by Crippen LogP contribution is 2.20. The minimum atomic E-state index is -1.00. The number of carbonyl (C=O) groups is 2. The Morgan fingerprint density at radius 2 is 1.76 bits per heavy atom. The number of halogens is 2. The van der Waals surface area contributed by atoms with Gasteiger partial charge >= 0.3 is 0 Å². The van der Waals surface area contributed by atoms with Gasteiger partial charge in [0.1, 0.15) is 0 Å². The van der Waals surface area contributed by atoms with Crippen molar-refractivity contribution in [2.75, 3.05) is 18.4 Å². The molecule has 0 aliphatic carbocycles. The van der Waals surface area contributed by atoms with Gasteiger partial charge in [-0.3, -0.25) is 14.5 Å². The third kappa shape index (κ3) is 5.60. The first-order valence-electron chi connectivity index (χ1n) is 9.75. The molecule has 1 aliphatic rings. The third-order valence-electron chi connectivity index (χ3n) is 5.32. The minimum absolute atomic E-state index is 0.0346. The molecule has 2 N–H and O–H groups in total. The van der Waals surface area contributed by atoms with Crippen molar-refractivity contribution in [1.82, 2.24) is 10.2 Å². The minimum Gasteiger partial charge on any atom is -0.352 e. The molecule has 2 aromatic rings. The van der Waals surface area contributed by atoms with Crippen LogP contribution in [0.4, 0.5) is 14.5 Å². The molecule has 0 spiro atoms. The summed E-state index contributed by atoms with van der Waals surface area (Å²) in [7, 11) is 0. The molecule has 7 heteroatoms. The highest BCUT2D eigenvalue weighted by atomic mass is 19.2. The number of rotatable bonds is 6. The van der Waals surface area contributed by atoms with Crippen molar-refractivity contribution in [3.05, 3.63) is 65.7 Å². The Balaban J connectivity index is 1.45. The predicted molar refractivity (Wildman–Crippen MR) is 107 cm³/mol. The predicted octanol–water partition coefficient (Wildman–Crippen LogP) is 3.32. The van der Waals surface area contributed by atoms with Gasteiger partial charge in [-0.25, -0.2) is 8.78 Å². The molecule has 0 saturated carbocycles. The number of carbonyl (C=O) groups excluding carboxylic acids is 2. The summed E-state index contributed by atoms with van der Waals surface area (Å²) in [5, 5.41) is 5.59. The average molecular weight is 401 g/mol. The van der Waals surface area contributed by atoms with E-state index in [2.05, 4.69) is 10.6 Å². The molecule has 1 saturated heterocycles. The Morgan fingerprint density at radius 3 is 2.41 bits per heavy atom. The average Bonchev–Trinajstić information content (AvgIpc) is 2.75. The number of hydrogen-bond donors (Lipinski definition) is 2. The fourth-order valence-electron chi connectivity index (χ4n) is 3.46. The molecular weight excluding hydrogens is 376 g/mol. The molecule has 2 aromatic carbocycles. The Bertz CT molecular complexity index is 852. The lowest BCUT2D eigenvalue weighted by Gasteiger charge is -2.34. The number of benzene rings is 2. The van der Waals surface area contributed by atoms with E-state index < -0.39 is 17.7 Å². The van der Waals surface area contributed by atoms with Crippen LogP contribution in [-0.4, -0.2) is 35.8 Å². The molecule has 1 fully saturated rings. The molecule has 154 valence electrons. The fourth-order valence-corrected chi connectivity index (χ4v) is 3.46. The van der Waals surface area contributed by atoms with Gasteiger partial charge in [-0.05, 0) is 50.6 Å². The summed E-state index contributed by atoms with van der Waals surface area (Å²) < 4.78 is 26.3. The summed E-state index contributed by atoms with van der Waals surface area (Å²) in [5.41, 5.74) is 1.27. The van der Waals surface area contributed by atoms with Crippen LogP contribution in [0.2, 0.25) is 0 Å². The zero-order valence-corrected chi connectivity index (χ0v) is 16.3. The second-order valence-electron chi connectivity index (χ2n) is 7.31. The molecule has 2 amide bonds. The maximum atomic E-state index is 13.3. The van der Waals surface area contributed by atoms with Crippen molar-refractivity contribution in [2.24, 2.45) is 5.92 Å². The Hall–Kier alpha value is -2.80. The number of piperidine rings is 1. The van der Waals surface area contributed by atoms with Gasteiger partial charge in [-0.2, -0.15) is 0 Å². The first-order valence-corrected chi connectivity index (χ1v) is 9.75. The molecule has 29 heavy (non-hydrogen) atoms. The van der Waals surface area contributed by atoms with Crippen LogP contribution in [0.15, 0.2) is 48.5 Å². The molecule has 5 nitrogen and oxygen atoms in total. The first-order chi connectivity index (χ1) is 13.9. The molecule has 0 aromatic heterocycles. The van der Waals surface area contributed by atoms with Gasteiger partial charge in [-0.15, -0.1) is 0 Å². The first kappa shape index (κ1) is 20.9. The van der Waals surface area contributed by atoms with Gasteiger partial charge in [-0.1, -0.05) is 30.3 Å². The van der Waals surface area contributed by atoms with E-state index in [-0.39, 0.29) is 23.4 Å². The maximum absolute atomic E-state index is 13.3. The molecule has 0 radical (unpaired) electrons. The van der Waals surface area contributed by atoms with Crippen LogP contribution < -0.4 is 10.6 Å². The number of anilines is 1. The third-order valence-corrected chi connectivity index (χ3v) is 5.32. The van der Waals surface area contributed by atoms with Gasteiger partial charge in [0.05, 0.1) is 6.04 Å². The fraction of sp³-hybridized carbons (Fsp3) is 0.364. The van der Waals surface area contributed by atoms with E-state index in [1.54, 1.807) is 6.92 Å². The lowest BCUT2D eigenvalue weighted by Crippen LogP contribution is -2.48. The number of hydrogen-bond acceptors (Lipinski definition) is 3. The number of likely N-dealkylation sites (tertiary alicyclic amines) is 1. The van der Waals surface area contributed by atoms with Crippen LogP contribution in [0, 0.1) is 17.6 Å². The van der Waals surface area contributed by atoms with Crippen molar-refractivity contribution < 1.29 is 18.4 Å². The maximum Gasteiger partial charge on any atom is 0.241 e. The largest absolute Gasteiger partial charge is 0.352 e. The van der Waals surface area contributed by atoms with Gasteiger partial charge in [0, 0.05) is 24.2 Å². The van der Waals surface area contributed by atoms with Crippen LogP contribution in [0.1, 0.15) is 25.3 Å². The number of nitrogens with one attached hydrogen (secondary N) is 2. The summed E-state index contributed by atoms with van der Waals surface area (Å²) in [6.07, 6.45) is 1.34. The van der Waals surface area contributed by atoms with E-state index in [1.165, 1.54) is 6.07 Å². The van der Waals surface area contributed by atoms with E-state index in [4.69, 9.17) is 0 Å². The normalized spacial score (nSPS) is 16.2. The van der Waals surface area contributed by atoms with E-state index in [0.29, 0.717) is 32.5 Å². The molecule has 1 atom stereocenters. The van der Waals surface area contributed by atoms with Crippen molar-refractivity contribution in [3.63, 3.8) is 0 Å².